The molecule has 0 aliphatic carbocycles. The first-order valence-corrected chi connectivity index (χ1v) is 9.36. The number of carbonyl (C=O) groups is 1. The van der Waals surface area contributed by atoms with Crippen LogP contribution in [0.1, 0.15) is 30.9 Å². The molecule has 1 atom stereocenters. The van der Waals surface area contributed by atoms with E-state index in [-0.39, 0.29) is 5.91 Å². The Morgan fingerprint density at radius 3 is 2.73 bits per heavy atom. The number of likely N-dealkylation sites (tertiary alicyclic amines) is 1. The summed E-state index contributed by atoms with van der Waals surface area (Å²) in [5.74, 6) is 1.54. The number of hydrogen-bond donors (Lipinski definition) is 1. The average Bonchev–Trinajstić information content (AvgIpc) is 2.63. The van der Waals surface area contributed by atoms with Crippen molar-refractivity contribution < 1.29 is 9.53 Å². The highest BCUT2D eigenvalue weighted by molar-refractivity contribution is 5.92. The van der Waals surface area contributed by atoms with E-state index in [2.05, 4.69) is 29.3 Å². The molecule has 0 bridgehead atoms. The molecule has 0 saturated carbocycles. The van der Waals surface area contributed by atoms with Crippen molar-refractivity contribution in [1.29, 1.82) is 0 Å². The smallest absolute Gasteiger partial charge is 0.228 e. The van der Waals surface area contributed by atoms with Crippen LogP contribution in [-0.2, 0) is 17.8 Å². The van der Waals surface area contributed by atoms with Gasteiger partial charge in [0.25, 0.3) is 0 Å². The lowest BCUT2D eigenvalue weighted by atomic mass is 10.00. The largest absolute Gasteiger partial charge is 0.497 e. The molecule has 4 heteroatoms. The number of carbonyl (C=O) groups excluding carboxylic acids is 1. The Morgan fingerprint density at radius 2 is 2.00 bits per heavy atom. The minimum Gasteiger partial charge on any atom is -0.497 e. The summed E-state index contributed by atoms with van der Waals surface area (Å²) in [6.07, 6.45) is 2.97. The van der Waals surface area contributed by atoms with Gasteiger partial charge in [0, 0.05) is 18.8 Å². The molecule has 1 saturated heterocycles. The normalized spacial score (nSPS) is 17.7. The third kappa shape index (κ3) is 5.33. The first kappa shape index (κ1) is 18.5. The van der Waals surface area contributed by atoms with E-state index in [1.54, 1.807) is 7.11 Å². The molecule has 1 fully saturated rings. The van der Waals surface area contributed by atoms with Gasteiger partial charge in [0.2, 0.25) is 5.91 Å². The number of methoxy groups -OCH3 is 1. The number of nitrogens with one attached hydrogen (secondary N) is 1. The Kier molecular flexibility index (Phi) is 6.29. The molecule has 1 amide bonds. The summed E-state index contributed by atoms with van der Waals surface area (Å²) in [4.78, 5) is 14.8. The van der Waals surface area contributed by atoms with E-state index in [4.69, 9.17) is 4.74 Å². The lowest BCUT2D eigenvalue weighted by Gasteiger charge is -2.30. The Hall–Kier alpha value is -2.33. The van der Waals surface area contributed by atoms with E-state index in [1.807, 2.05) is 36.4 Å². The summed E-state index contributed by atoms with van der Waals surface area (Å²) < 4.78 is 5.20. The lowest BCUT2D eigenvalue weighted by molar-refractivity contribution is -0.115. The minimum atomic E-state index is -0.0177. The number of ether oxygens (including phenoxy) is 1. The molecule has 1 aliphatic rings. The van der Waals surface area contributed by atoms with Gasteiger partial charge in [-0.1, -0.05) is 31.2 Å². The Morgan fingerprint density at radius 1 is 1.19 bits per heavy atom. The summed E-state index contributed by atoms with van der Waals surface area (Å²) >= 11 is 0. The topological polar surface area (TPSA) is 41.6 Å². The van der Waals surface area contributed by atoms with Gasteiger partial charge in [-0.3, -0.25) is 9.69 Å². The first-order chi connectivity index (χ1) is 12.6. The van der Waals surface area contributed by atoms with E-state index in [9.17, 15) is 4.79 Å². The molecule has 138 valence electrons. The van der Waals surface area contributed by atoms with Crippen molar-refractivity contribution >= 4 is 11.6 Å². The van der Waals surface area contributed by atoms with E-state index >= 15 is 0 Å². The second-order valence-corrected chi connectivity index (χ2v) is 7.26. The van der Waals surface area contributed by atoms with Crippen LogP contribution in [0, 0.1) is 5.92 Å². The van der Waals surface area contributed by atoms with Crippen LogP contribution in [-0.4, -0.2) is 31.0 Å². The number of rotatable bonds is 6. The van der Waals surface area contributed by atoms with Crippen molar-refractivity contribution in [2.24, 2.45) is 5.92 Å². The molecule has 2 aromatic carbocycles. The standard InChI is InChI=1S/C22H28N2O2/c1-17-5-4-12-24(15-17)16-18-8-10-20(11-9-18)23-22(25)14-19-6-3-7-21(13-19)26-2/h3,6-11,13,17H,4-5,12,14-16H2,1-2H3,(H,23,25). The zero-order chi connectivity index (χ0) is 18.4. The van der Waals surface area contributed by atoms with Crippen LogP contribution in [0.3, 0.4) is 0 Å². The summed E-state index contributed by atoms with van der Waals surface area (Å²) in [6, 6.07) is 15.8. The maximum absolute atomic E-state index is 12.3. The van der Waals surface area contributed by atoms with Gasteiger partial charge < -0.3 is 10.1 Å². The van der Waals surface area contributed by atoms with Gasteiger partial charge in [-0.15, -0.1) is 0 Å². The van der Waals surface area contributed by atoms with Crippen molar-refractivity contribution in [3.05, 3.63) is 59.7 Å². The third-order valence-electron chi connectivity index (χ3n) is 4.88. The summed E-state index contributed by atoms with van der Waals surface area (Å²) in [5, 5.41) is 2.97. The van der Waals surface area contributed by atoms with E-state index < -0.39 is 0 Å². The molecule has 3 rings (SSSR count). The monoisotopic (exact) mass is 352 g/mol. The van der Waals surface area contributed by atoms with Gasteiger partial charge in [0.15, 0.2) is 0 Å². The molecule has 2 aromatic rings. The van der Waals surface area contributed by atoms with Crippen molar-refractivity contribution in [2.45, 2.75) is 32.7 Å². The molecule has 1 heterocycles. The Bertz CT molecular complexity index is 727. The minimum absolute atomic E-state index is 0.0177. The average molecular weight is 352 g/mol. The van der Waals surface area contributed by atoms with Crippen LogP contribution < -0.4 is 10.1 Å². The summed E-state index contributed by atoms with van der Waals surface area (Å²) in [7, 11) is 1.63. The SMILES string of the molecule is COc1cccc(CC(=O)Nc2ccc(CN3CCCC(C)C3)cc2)c1. The van der Waals surface area contributed by atoms with Gasteiger partial charge >= 0.3 is 0 Å². The predicted molar refractivity (Wildman–Crippen MR) is 105 cm³/mol. The maximum atomic E-state index is 12.3. The van der Waals surface area contributed by atoms with E-state index in [0.717, 1.165) is 29.5 Å². The number of hydrogen-bond acceptors (Lipinski definition) is 3. The van der Waals surface area contributed by atoms with Crippen LogP contribution >= 0.6 is 0 Å². The van der Waals surface area contributed by atoms with Crippen molar-refractivity contribution in [2.75, 3.05) is 25.5 Å². The first-order valence-electron chi connectivity index (χ1n) is 9.36. The lowest BCUT2D eigenvalue weighted by Crippen LogP contribution is -2.33. The quantitative estimate of drug-likeness (QED) is 0.851. The maximum Gasteiger partial charge on any atom is 0.228 e. The fraction of sp³-hybridized carbons (Fsp3) is 0.409. The fourth-order valence-corrected chi connectivity index (χ4v) is 3.55. The zero-order valence-corrected chi connectivity index (χ0v) is 15.7. The number of amides is 1. The molecule has 1 aliphatic heterocycles. The molecule has 0 aromatic heterocycles. The van der Waals surface area contributed by atoms with Gasteiger partial charge in [-0.05, 0) is 60.7 Å². The number of anilines is 1. The molecular weight excluding hydrogens is 324 g/mol. The molecule has 1 N–H and O–H groups in total. The van der Waals surface area contributed by atoms with E-state index in [0.29, 0.717) is 6.42 Å². The zero-order valence-electron chi connectivity index (χ0n) is 15.7. The number of nitrogens with zero attached hydrogens (tertiary/aromatic N) is 1. The second-order valence-electron chi connectivity index (χ2n) is 7.26. The highest BCUT2D eigenvalue weighted by Gasteiger charge is 2.16. The van der Waals surface area contributed by atoms with Crippen LogP contribution in [0.15, 0.2) is 48.5 Å². The summed E-state index contributed by atoms with van der Waals surface area (Å²) in [6.45, 7) is 5.68. The second kappa shape index (κ2) is 8.86. The van der Waals surface area contributed by atoms with E-state index in [1.165, 1.54) is 31.5 Å². The molecule has 1 unspecified atom stereocenters. The van der Waals surface area contributed by atoms with Crippen LogP contribution in [0.5, 0.6) is 5.75 Å². The highest BCUT2D eigenvalue weighted by Crippen LogP contribution is 2.19. The van der Waals surface area contributed by atoms with Crippen LogP contribution in [0.25, 0.3) is 0 Å². The molecule has 4 nitrogen and oxygen atoms in total. The highest BCUT2D eigenvalue weighted by atomic mass is 16.5. The fourth-order valence-electron chi connectivity index (χ4n) is 3.55. The van der Waals surface area contributed by atoms with Crippen molar-refractivity contribution in [3.63, 3.8) is 0 Å². The number of benzene rings is 2. The van der Waals surface area contributed by atoms with Gasteiger partial charge in [-0.2, -0.15) is 0 Å². The van der Waals surface area contributed by atoms with Crippen LogP contribution in [0.4, 0.5) is 5.69 Å². The van der Waals surface area contributed by atoms with Crippen molar-refractivity contribution in [3.8, 4) is 5.75 Å². The Balaban J connectivity index is 1.52. The van der Waals surface area contributed by atoms with Gasteiger partial charge in [0.1, 0.15) is 5.75 Å². The van der Waals surface area contributed by atoms with Crippen molar-refractivity contribution in [1.82, 2.24) is 4.90 Å². The van der Waals surface area contributed by atoms with Crippen LogP contribution in [0.2, 0.25) is 0 Å². The summed E-state index contributed by atoms with van der Waals surface area (Å²) in [5.41, 5.74) is 3.08. The Labute approximate surface area is 156 Å². The predicted octanol–water partition coefficient (Wildman–Crippen LogP) is 4.11. The molecule has 0 spiro atoms. The molecule has 0 radical (unpaired) electrons. The van der Waals surface area contributed by atoms with Gasteiger partial charge in [0.05, 0.1) is 13.5 Å². The molecular formula is C22H28N2O2. The number of piperidine rings is 1. The third-order valence-corrected chi connectivity index (χ3v) is 4.88. The van der Waals surface area contributed by atoms with Gasteiger partial charge in [-0.25, -0.2) is 0 Å². The molecule has 26 heavy (non-hydrogen) atoms.